The second kappa shape index (κ2) is 9.68. The van der Waals surface area contributed by atoms with Crippen molar-refractivity contribution >= 4 is 33.2 Å². The van der Waals surface area contributed by atoms with Crippen LogP contribution in [-0.4, -0.2) is 47.2 Å². The molecule has 0 aliphatic carbocycles. The Balaban J connectivity index is 1.88. The molecular formula is C21H25ClN2O5S. The highest BCUT2D eigenvalue weighted by molar-refractivity contribution is 7.92. The number of aryl methyl sites for hydroxylation is 1. The Morgan fingerprint density at radius 2 is 2.00 bits per heavy atom. The number of anilines is 1. The van der Waals surface area contributed by atoms with Crippen molar-refractivity contribution in [3.05, 3.63) is 53.1 Å². The Bertz CT molecular complexity index is 989. The van der Waals surface area contributed by atoms with Crippen LogP contribution in [0.2, 0.25) is 5.02 Å². The molecular weight excluding hydrogens is 428 g/mol. The van der Waals surface area contributed by atoms with Crippen LogP contribution in [0, 0.1) is 6.92 Å². The largest absolute Gasteiger partial charge is 0.495 e. The van der Waals surface area contributed by atoms with Gasteiger partial charge in [-0.2, -0.15) is 0 Å². The minimum atomic E-state index is -4.00. The van der Waals surface area contributed by atoms with Gasteiger partial charge in [0.2, 0.25) is 5.91 Å². The SMILES string of the molecule is COc1ccc(N(CC(=O)NC[C@@H]2CCCO2)S(=O)(=O)c2ccc(C)cc2)cc1Cl. The average Bonchev–Trinajstić information content (AvgIpc) is 3.24. The van der Waals surface area contributed by atoms with Crippen LogP contribution in [0.5, 0.6) is 5.75 Å². The number of ether oxygens (including phenoxy) is 2. The topological polar surface area (TPSA) is 84.9 Å². The molecule has 0 radical (unpaired) electrons. The number of nitrogens with one attached hydrogen (secondary N) is 1. The molecule has 1 aliphatic rings. The van der Waals surface area contributed by atoms with Gasteiger partial charge in [-0.15, -0.1) is 0 Å². The standard InChI is InChI=1S/C21H25ClN2O5S/c1-15-5-8-18(9-6-15)30(26,27)24(16-7-10-20(28-2)19(22)12-16)14-21(25)23-13-17-4-3-11-29-17/h5-10,12,17H,3-4,11,13-14H2,1-2H3,(H,23,25)/t17-/m0/s1. The summed E-state index contributed by atoms with van der Waals surface area (Å²) in [6.07, 6.45) is 1.80. The molecule has 0 saturated carbocycles. The summed E-state index contributed by atoms with van der Waals surface area (Å²) in [6.45, 7) is 2.51. The highest BCUT2D eigenvalue weighted by Crippen LogP contribution is 2.32. The lowest BCUT2D eigenvalue weighted by molar-refractivity contribution is -0.120. The van der Waals surface area contributed by atoms with Crippen LogP contribution in [0.3, 0.4) is 0 Å². The number of benzene rings is 2. The lowest BCUT2D eigenvalue weighted by atomic mass is 10.2. The third-order valence-corrected chi connectivity index (χ3v) is 6.95. The quantitative estimate of drug-likeness (QED) is 0.665. The molecule has 2 aromatic carbocycles. The number of carbonyl (C=O) groups is 1. The van der Waals surface area contributed by atoms with E-state index in [9.17, 15) is 13.2 Å². The van der Waals surface area contributed by atoms with E-state index in [0.717, 1.165) is 22.7 Å². The second-order valence-electron chi connectivity index (χ2n) is 7.08. The monoisotopic (exact) mass is 452 g/mol. The van der Waals surface area contributed by atoms with Crippen molar-refractivity contribution in [1.82, 2.24) is 5.32 Å². The van der Waals surface area contributed by atoms with Gasteiger partial charge in [-0.05, 0) is 50.1 Å². The number of carbonyl (C=O) groups excluding carboxylic acids is 1. The number of nitrogens with zero attached hydrogens (tertiary/aromatic N) is 1. The summed E-state index contributed by atoms with van der Waals surface area (Å²) < 4.78 is 38.4. The maximum Gasteiger partial charge on any atom is 0.264 e. The Morgan fingerprint density at radius 3 is 2.60 bits per heavy atom. The summed E-state index contributed by atoms with van der Waals surface area (Å²) in [6, 6.07) is 11.1. The molecule has 2 aromatic rings. The normalized spacial score (nSPS) is 16.3. The van der Waals surface area contributed by atoms with Crippen LogP contribution in [-0.2, 0) is 19.6 Å². The van der Waals surface area contributed by atoms with Gasteiger partial charge in [-0.1, -0.05) is 29.3 Å². The van der Waals surface area contributed by atoms with Crippen molar-refractivity contribution in [3.8, 4) is 5.75 Å². The third-order valence-electron chi connectivity index (χ3n) is 4.87. The van der Waals surface area contributed by atoms with Gasteiger partial charge in [0, 0.05) is 13.2 Å². The highest BCUT2D eigenvalue weighted by Gasteiger charge is 2.28. The van der Waals surface area contributed by atoms with E-state index >= 15 is 0 Å². The zero-order valence-electron chi connectivity index (χ0n) is 16.9. The predicted molar refractivity (Wildman–Crippen MR) is 116 cm³/mol. The Morgan fingerprint density at radius 1 is 1.27 bits per heavy atom. The first kappa shape index (κ1) is 22.4. The van der Waals surface area contributed by atoms with Gasteiger partial charge in [0.1, 0.15) is 12.3 Å². The van der Waals surface area contributed by atoms with Crippen LogP contribution in [0.15, 0.2) is 47.4 Å². The first-order chi connectivity index (χ1) is 14.3. The molecule has 1 saturated heterocycles. The number of rotatable bonds is 8. The van der Waals surface area contributed by atoms with Crippen molar-refractivity contribution in [2.75, 3.05) is 31.1 Å². The fourth-order valence-electron chi connectivity index (χ4n) is 3.18. The van der Waals surface area contributed by atoms with Crippen LogP contribution in [0.4, 0.5) is 5.69 Å². The van der Waals surface area contributed by atoms with Crippen LogP contribution in [0.1, 0.15) is 18.4 Å². The average molecular weight is 453 g/mol. The number of amides is 1. The van der Waals surface area contributed by atoms with Crippen molar-refractivity contribution in [2.45, 2.75) is 30.8 Å². The molecule has 1 N–H and O–H groups in total. The van der Waals surface area contributed by atoms with Gasteiger partial charge in [-0.25, -0.2) is 8.42 Å². The number of sulfonamides is 1. The van der Waals surface area contributed by atoms with E-state index in [4.69, 9.17) is 21.1 Å². The van der Waals surface area contributed by atoms with Gasteiger partial charge in [0.15, 0.2) is 0 Å². The minimum Gasteiger partial charge on any atom is -0.495 e. The first-order valence-corrected chi connectivity index (χ1v) is 11.4. The molecule has 0 spiro atoms. The molecule has 3 rings (SSSR count). The number of hydrogen-bond acceptors (Lipinski definition) is 5. The smallest absolute Gasteiger partial charge is 0.264 e. The van der Waals surface area contributed by atoms with Gasteiger partial charge in [-0.3, -0.25) is 9.10 Å². The van der Waals surface area contributed by atoms with Gasteiger partial charge in [0.05, 0.1) is 28.8 Å². The van der Waals surface area contributed by atoms with E-state index in [0.29, 0.717) is 18.9 Å². The van der Waals surface area contributed by atoms with E-state index in [1.54, 1.807) is 24.3 Å². The van der Waals surface area contributed by atoms with E-state index in [1.165, 1.54) is 25.3 Å². The zero-order chi connectivity index (χ0) is 21.7. The molecule has 1 aliphatic heterocycles. The van der Waals surface area contributed by atoms with Crippen LogP contribution in [0.25, 0.3) is 0 Å². The highest BCUT2D eigenvalue weighted by atomic mass is 35.5. The molecule has 1 heterocycles. The van der Waals surface area contributed by atoms with Crippen LogP contribution >= 0.6 is 11.6 Å². The summed E-state index contributed by atoms with van der Waals surface area (Å²) >= 11 is 6.21. The Labute approximate surface area is 182 Å². The van der Waals surface area contributed by atoms with E-state index in [1.807, 2.05) is 6.92 Å². The molecule has 30 heavy (non-hydrogen) atoms. The zero-order valence-corrected chi connectivity index (χ0v) is 18.5. The van der Waals surface area contributed by atoms with Crippen molar-refractivity contribution in [1.29, 1.82) is 0 Å². The van der Waals surface area contributed by atoms with Gasteiger partial charge >= 0.3 is 0 Å². The maximum absolute atomic E-state index is 13.4. The number of hydrogen-bond donors (Lipinski definition) is 1. The number of methoxy groups -OCH3 is 1. The third kappa shape index (κ3) is 5.24. The summed E-state index contributed by atoms with van der Waals surface area (Å²) in [4.78, 5) is 12.7. The summed E-state index contributed by atoms with van der Waals surface area (Å²) in [7, 11) is -2.53. The molecule has 9 heteroatoms. The fraction of sp³-hybridized carbons (Fsp3) is 0.381. The molecule has 0 bridgehead atoms. The molecule has 1 amide bonds. The second-order valence-corrected chi connectivity index (χ2v) is 9.35. The summed E-state index contributed by atoms with van der Waals surface area (Å²) in [5.74, 6) is -0.0101. The minimum absolute atomic E-state index is 0.0356. The van der Waals surface area contributed by atoms with E-state index in [2.05, 4.69) is 5.32 Å². The molecule has 7 nitrogen and oxygen atoms in total. The lowest BCUT2D eigenvalue weighted by Gasteiger charge is -2.25. The molecule has 162 valence electrons. The first-order valence-electron chi connectivity index (χ1n) is 9.62. The molecule has 0 aromatic heterocycles. The van der Waals surface area contributed by atoms with Crippen molar-refractivity contribution in [3.63, 3.8) is 0 Å². The number of halogens is 1. The summed E-state index contributed by atoms with van der Waals surface area (Å²) in [5, 5.41) is 3.02. The maximum atomic E-state index is 13.4. The van der Waals surface area contributed by atoms with Gasteiger partial charge in [0.25, 0.3) is 10.0 Å². The van der Waals surface area contributed by atoms with E-state index < -0.39 is 15.9 Å². The predicted octanol–water partition coefficient (Wildman–Crippen LogP) is 3.15. The van der Waals surface area contributed by atoms with Crippen molar-refractivity contribution < 1.29 is 22.7 Å². The molecule has 1 atom stereocenters. The lowest BCUT2D eigenvalue weighted by Crippen LogP contribution is -2.42. The molecule has 0 unspecified atom stereocenters. The van der Waals surface area contributed by atoms with E-state index in [-0.39, 0.29) is 28.3 Å². The Kier molecular flexibility index (Phi) is 7.23. The Hall–Kier alpha value is -2.29. The van der Waals surface area contributed by atoms with Gasteiger partial charge < -0.3 is 14.8 Å². The fourth-order valence-corrected chi connectivity index (χ4v) is 4.85. The summed E-state index contributed by atoms with van der Waals surface area (Å²) in [5.41, 5.74) is 1.20. The van der Waals surface area contributed by atoms with Crippen LogP contribution < -0.4 is 14.4 Å². The van der Waals surface area contributed by atoms with Crippen molar-refractivity contribution in [2.24, 2.45) is 0 Å². The molecule has 1 fully saturated rings.